The van der Waals surface area contributed by atoms with Crippen molar-refractivity contribution in [3.05, 3.63) is 57.0 Å². The van der Waals surface area contributed by atoms with E-state index >= 15 is 0 Å². The Bertz CT molecular complexity index is 891. The van der Waals surface area contributed by atoms with Crippen molar-refractivity contribution >= 4 is 40.5 Å². The topological polar surface area (TPSA) is 127 Å². The molecule has 1 aromatic carbocycles. The molecule has 9 nitrogen and oxygen atoms in total. The number of carbonyl (C=O) groups excluding carboxylic acids is 2. The third-order valence-corrected chi connectivity index (χ3v) is 3.61. The number of nitrogens with one attached hydrogen (secondary N) is 2. The zero-order valence-corrected chi connectivity index (χ0v) is 14.7. The highest BCUT2D eigenvalue weighted by molar-refractivity contribution is 6.32. The van der Waals surface area contributed by atoms with E-state index in [0.29, 0.717) is 17.0 Å². The van der Waals surface area contributed by atoms with Gasteiger partial charge in [0.05, 0.1) is 23.2 Å². The highest BCUT2D eigenvalue weighted by atomic mass is 35.5. The van der Waals surface area contributed by atoms with Crippen LogP contribution in [0, 0.1) is 17.0 Å². The Morgan fingerprint density at radius 2 is 2.08 bits per heavy atom. The maximum Gasteiger partial charge on any atom is 0.289 e. The Balaban J connectivity index is 1.95. The lowest BCUT2D eigenvalue weighted by molar-refractivity contribution is -0.384. The van der Waals surface area contributed by atoms with Gasteiger partial charge in [-0.3, -0.25) is 19.7 Å². The van der Waals surface area contributed by atoms with E-state index in [1.807, 2.05) is 0 Å². The van der Waals surface area contributed by atoms with Gasteiger partial charge in [0.2, 0.25) is 5.91 Å². The molecule has 0 saturated heterocycles. The van der Waals surface area contributed by atoms with Crippen molar-refractivity contribution < 1.29 is 18.9 Å². The van der Waals surface area contributed by atoms with E-state index in [-0.39, 0.29) is 22.8 Å². The number of hydrogen-bond donors (Lipinski definition) is 2. The van der Waals surface area contributed by atoms with Crippen molar-refractivity contribution in [2.24, 2.45) is 5.10 Å². The van der Waals surface area contributed by atoms with E-state index in [0.717, 1.165) is 6.07 Å². The predicted molar refractivity (Wildman–Crippen MR) is 95.4 cm³/mol. The van der Waals surface area contributed by atoms with E-state index in [9.17, 15) is 19.7 Å². The summed E-state index contributed by atoms with van der Waals surface area (Å²) < 4.78 is 5.03. The van der Waals surface area contributed by atoms with Gasteiger partial charge in [-0.15, -0.1) is 0 Å². The molecule has 0 aliphatic heterocycles. The van der Waals surface area contributed by atoms with Crippen LogP contribution in [0.1, 0.15) is 29.5 Å². The number of halogens is 1. The number of nitro groups is 1. The average Bonchev–Trinajstić information content (AvgIpc) is 3.00. The molecular weight excluding hydrogens is 364 g/mol. The Kier molecular flexibility index (Phi) is 6.07. The van der Waals surface area contributed by atoms with Gasteiger partial charge in [-0.25, -0.2) is 5.43 Å². The number of carbonyl (C=O) groups is 2. The standard InChI is InChI=1S/C16H15ClN4O5/c1-9(19-20-16(23)12-5-6-26-10(12)2)7-15(22)18-11-3-4-13(17)14(8-11)21(24)25/h3-6,8H,7H2,1-2H3,(H,18,22)(H,20,23)/b19-9-. The molecule has 0 radical (unpaired) electrons. The van der Waals surface area contributed by atoms with Crippen molar-refractivity contribution in [1.29, 1.82) is 0 Å². The van der Waals surface area contributed by atoms with Gasteiger partial charge in [-0.1, -0.05) is 11.6 Å². The summed E-state index contributed by atoms with van der Waals surface area (Å²) in [6.45, 7) is 3.20. The lowest BCUT2D eigenvalue weighted by Gasteiger charge is -2.06. The van der Waals surface area contributed by atoms with Gasteiger partial charge in [0.1, 0.15) is 10.8 Å². The smallest absolute Gasteiger partial charge is 0.289 e. The number of amides is 2. The molecule has 0 aliphatic carbocycles. The van der Waals surface area contributed by atoms with E-state index < -0.39 is 16.7 Å². The number of hydrogen-bond acceptors (Lipinski definition) is 6. The minimum atomic E-state index is -0.641. The van der Waals surface area contributed by atoms with Gasteiger partial charge in [0.25, 0.3) is 11.6 Å². The summed E-state index contributed by atoms with van der Waals surface area (Å²) in [4.78, 5) is 34.1. The average molecular weight is 379 g/mol. The van der Waals surface area contributed by atoms with Gasteiger partial charge < -0.3 is 9.73 Å². The van der Waals surface area contributed by atoms with Crippen LogP contribution >= 0.6 is 11.6 Å². The summed E-state index contributed by atoms with van der Waals surface area (Å²) in [6, 6.07) is 5.44. The number of benzene rings is 1. The molecule has 0 bridgehead atoms. The van der Waals surface area contributed by atoms with Crippen molar-refractivity contribution in [3.63, 3.8) is 0 Å². The zero-order chi connectivity index (χ0) is 19.3. The first-order chi connectivity index (χ1) is 12.3. The summed E-state index contributed by atoms with van der Waals surface area (Å²) in [5.74, 6) is -0.446. The number of furan rings is 1. The van der Waals surface area contributed by atoms with Gasteiger partial charge in [0, 0.05) is 17.5 Å². The molecular formula is C16H15ClN4O5. The number of nitrogens with zero attached hydrogens (tertiary/aromatic N) is 2. The highest BCUT2D eigenvalue weighted by Crippen LogP contribution is 2.27. The van der Waals surface area contributed by atoms with Crippen LogP contribution in [0.25, 0.3) is 0 Å². The van der Waals surface area contributed by atoms with Crippen molar-refractivity contribution in [1.82, 2.24) is 5.43 Å². The number of nitro benzene ring substituents is 1. The number of hydrazone groups is 1. The zero-order valence-electron chi connectivity index (χ0n) is 13.9. The molecule has 0 aliphatic rings. The fourth-order valence-corrected chi connectivity index (χ4v) is 2.22. The van der Waals surface area contributed by atoms with Crippen LogP contribution in [-0.4, -0.2) is 22.4 Å². The van der Waals surface area contributed by atoms with Crippen LogP contribution in [0.4, 0.5) is 11.4 Å². The highest BCUT2D eigenvalue weighted by Gasteiger charge is 2.15. The molecule has 0 saturated carbocycles. The van der Waals surface area contributed by atoms with E-state index in [4.69, 9.17) is 16.0 Å². The SMILES string of the molecule is C/C(CC(=O)Nc1ccc(Cl)c([N+](=O)[O-])c1)=N/NC(=O)c1ccoc1C. The van der Waals surface area contributed by atoms with Crippen LogP contribution in [0.3, 0.4) is 0 Å². The van der Waals surface area contributed by atoms with Crippen LogP contribution in [0.5, 0.6) is 0 Å². The normalized spacial score (nSPS) is 11.1. The number of anilines is 1. The second-order valence-electron chi connectivity index (χ2n) is 5.33. The lowest BCUT2D eigenvalue weighted by Crippen LogP contribution is -2.21. The van der Waals surface area contributed by atoms with Gasteiger partial charge in [0.15, 0.2) is 0 Å². The molecule has 0 spiro atoms. The maximum atomic E-state index is 12.0. The first kappa shape index (κ1) is 19.1. The molecule has 2 N–H and O–H groups in total. The van der Waals surface area contributed by atoms with Gasteiger partial charge >= 0.3 is 0 Å². The fraction of sp³-hybridized carbons (Fsp3) is 0.188. The van der Waals surface area contributed by atoms with Crippen LogP contribution in [0.15, 0.2) is 40.0 Å². The summed E-state index contributed by atoms with van der Waals surface area (Å²) in [5.41, 5.74) is 2.95. The second kappa shape index (κ2) is 8.26. The van der Waals surface area contributed by atoms with E-state index in [2.05, 4.69) is 15.8 Å². The molecule has 0 unspecified atom stereocenters. The monoisotopic (exact) mass is 378 g/mol. The molecule has 26 heavy (non-hydrogen) atoms. The number of aryl methyl sites for hydroxylation is 1. The summed E-state index contributed by atoms with van der Waals surface area (Å²) in [6.07, 6.45) is 1.28. The minimum Gasteiger partial charge on any atom is -0.469 e. The molecule has 2 amide bonds. The Hall–Kier alpha value is -3.20. The summed E-state index contributed by atoms with van der Waals surface area (Å²) in [7, 11) is 0. The molecule has 136 valence electrons. The molecule has 0 fully saturated rings. The van der Waals surface area contributed by atoms with Crippen LogP contribution in [-0.2, 0) is 4.79 Å². The van der Waals surface area contributed by atoms with Crippen molar-refractivity contribution in [2.45, 2.75) is 20.3 Å². The maximum absolute atomic E-state index is 12.0. The van der Waals surface area contributed by atoms with E-state index in [1.165, 1.54) is 24.5 Å². The largest absolute Gasteiger partial charge is 0.469 e. The summed E-state index contributed by atoms with van der Waals surface area (Å²) >= 11 is 5.72. The van der Waals surface area contributed by atoms with Gasteiger partial charge in [-0.05, 0) is 32.0 Å². The Morgan fingerprint density at radius 3 is 2.69 bits per heavy atom. The Morgan fingerprint density at radius 1 is 1.35 bits per heavy atom. The lowest BCUT2D eigenvalue weighted by atomic mass is 10.2. The molecule has 2 rings (SSSR count). The first-order valence-electron chi connectivity index (χ1n) is 7.39. The van der Waals surface area contributed by atoms with Crippen LogP contribution in [0.2, 0.25) is 5.02 Å². The van der Waals surface area contributed by atoms with Crippen LogP contribution < -0.4 is 10.7 Å². The third kappa shape index (κ3) is 4.90. The molecule has 0 atom stereocenters. The number of rotatable bonds is 6. The third-order valence-electron chi connectivity index (χ3n) is 3.29. The van der Waals surface area contributed by atoms with E-state index in [1.54, 1.807) is 13.8 Å². The predicted octanol–water partition coefficient (Wildman–Crippen LogP) is 3.28. The summed E-state index contributed by atoms with van der Waals surface area (Å²) in [5, 5.41) is 17.2. The molecule has 2 aromatic rings. The Labute approximate surface area is 153 Å². The molecule has 10 heteroatoms. The first-order valence-corrected chi connectivity index (χ1v) is 7.77. The molecule has 1 aromatic heterocycles. The van der Waals surface area contributed by atoms with Crippen molar-refractivity contribution in [3.8, 4) is 0 Å². The quantitative estimate of drug-likeness (QED) is 0.453. The minimum absolute atomic E-state index is 0.0250. The second-order valence-corrected chi connectivity index (χ2v) is 5.73. The fourth-order valence-electron chi connectivity index (χ4n) is 2.03. The van der Waals surface area contributed by atoms with Gasteiger partial charge in [-0.2, -0.15) is 5.10 Å². The molecule has 1 heterocycles. The van der Waals surface area contributed by atoms with Crippen molar-refractivity contribution in [2.75, 3.05) is 5.32 Å².